The van der Waals surface area contributed by atoms with Gasteiger partial charge in [0.2, 0.25) is 0 Å². The molecular formula is C39H48N4O3S. The van der Waals surface area contributed by atoms with E-state index in [-0.39, 0.29) is 17.2 Å². The topological polar surface area (TPSA) is 95.4 Å². The summed E-state index contributed by atoms with van der Waals surface area (Å²) in [5.74, 6) is 1.27. The number of carbonyl (C=O) groups is 2. The number of nitrogens with one attached hydrogen (secondary N) is 1. The van der Waals surface area contributed by atoms with Crippen LogP contribution in [-0.2, 0) is 16.6 Å². The molecule has 2 N–H and O–H groups in total. The first-order valence-corrected chi connectivity index (χ1v) is 18.1. The fraction of sp³-hybridized carbons (Fsp3) is 0.487. The van der Waals surface area contributed by atoms with E-state index in [2.05, 4.69) is 61.3 Å². The molecule has 3 aromatic rings. The fourth-order valence-corrected chi connectivity index (χ4v) is 8.19. The smallest absolute Gasteiger partial charge is 0.309 e. The van der Waals surface area contributed by atoms with Gasteiger partial charge in [0, 0.05) is 54.2 Å². The lowest BCUT2D eigenvalue weighted by molar-refractivity contribution is -0.147. The molecule has 1 saturated heterocycles. The predicted octanol–water partition coefficient (Wildman–Crippen LogP) is 8.14. The van der Waals surface area contributed by atoms with Crippen LogP contribution < -0.4 is 5.32 Å². The van der Waals surface area contributed by atoms with E-state index in [4.69, 9.17) is 9.97 Å². The summed E-state index contributed by atoms with van der Waals surface area (Å²) < 4.78 is 0. The number of nitrogens with zero attached hydrogens (tertiary/aromatic N) is 3. The lowest BCUT2D eigenvalue weighted by Crippen LogP contribution is -2.51. The number of carboxylic acid groups (broad SMARTS) is 1. The first kappa shape index (κ1) is 33.3. The van der Waals surface area contributed by atoms with Crippen molar-refractivity contribution in [1.29, 1.82) is 0 Å². The monoisotopic (exact) mass is 652 g/mol. The van der Waals surface area contributed by atoms with Crippen molar-refractivity contribution in [3.8, 4) is 11.4 Å². The van der Waals surface area contributed by atoms with Gasteiger partial charge in [-0.15, -0.1) is 11.3 Å². The van der Waals surface area contributed by atoms with Crippen LogP contribution in [0.5, 0.6) is 0 Å². The van der Waals surface area contributed by atoms with Crippen LogP contribution >= 0.6 is 11.3 Å². The third kappa shape index (κ3) is 8.46. The Bertz CT molecular complexity index is 1600. The summed E-state index contributed by atoms with van der Waals surface area (Å²) in [6.45, 7) is 8.07. The third-order valence-electron chi connectivity index (χ3n) is 10.1. The Morgan fingerprint density at radius 1 is 0.957 bits per heavy atom. The Labute approximate surface area is 283 Å². The summed E-state index contributed by atoms with van der Waals surface area (Å²) in [5, 5.41) is 12.3. The van der Waals surface area contributed by atoms with E-state index in [1.165, 1.54) is 66.7 Å². The van der Waals surface area contributed by atoms with E-state index in [0.717, 1.165) is 40.5 Å². The Morgan fingerprint density at radius 2 is 1.68 bits per heavy atom. The van der Waals surface area contributed by atoms with Crippen LogP contribution in [0.15, 0.2) is 66.6 Å². The standard InChI is InChI=1S/C39H48N4O3S/c1-39(2,3)35-18-17-34(47-35)37(44)42-20-27(23-43-24-33(25-43)38(45)46)19-26-9-11-31(12-10-26)36-40-21-32(22-41-36)30-15-13-29(14-16-30)28-7-5-4-6-8-28/h9-12,15,17-18,20-22,28-29,33H,4-8,13-14,16,19,23-25H2,1-3H3,(H,42,44)(H,45,46)/b27-20+. The van der Waals surface area contributed by atoms with Crippen LogP contribution in [0.3, 0.4) is 0 Å². The van der Waals surface area contributed by atoms with Gasteiger partial charge in [-0.05, 0) is 71.8 Å². The van der Waals surface area contributed by atoms with Crippen molar-refractivity contribution < 1.29 is 14.7 Å². The SMILES string of the molecule is CC(C)(C)c1ccc(C(=O)N/C=C(\Cc2ccc(-c3ncc(C4=CCC(C5CCCCC5)CC4)cn3)cc2)CN2CC(C(=O)O)C2)s1. The summed E-state index contributed by atoms with van der Waals surface area (Å²) in [5.41, 5.74) is 5.61. The molecule has 1 aliphatic heterocycles. The molecule has 1 aromatic carbocycles. The number of rotatable bonds is 10. The van der Waals surface area contributed by atoms with E-state index in [9.17, 15) is 14.7 Å². The molecule has 6 rings (SSSR count). The van der Waals surface area contributed by atoms with Crippen LogP contribution in [0, 0.1) is 17.8 Å². The Hall–Kier alpha value is -3.62. The highest BCUT2D eigenvalue weighted by molar-refractivity contribution is 7.14. The molecule has 8 heteroatoms. The van der Waals surface area contributed by atoms with Crippen molar-refractivity contribution in [3.63, 3.8) is 0 Å². The number of benzene rings is 1. The van der Waals surface area contributed by atoms with E-state index >= 15 is 0 Å². The van der Waals surface area contributed by atoms with Crippen molar-refractivity contribution >= 4 is 28.8 Å². The molecule has 47 heavy (non-hydrogen) atoms. The molecular weight excluding hydrogens is 605 g/mol. The molecule has 1 saturated carbocycles. The van der Waals surface area contributed by atoms with Crippen LogP contribution in [0.2, 0.25) is 0 Å². The Morgan fingerprint density at radius 3 is 2.30 bits per heavy atom. The molecule has 2 aliphatic carbocycles. The van der Waals surface area contributed by atoms with Crippen molar-refractivity contribution in [3.05, 3.63) is 87.5 Å². The van der Waals surface area contributed by atoms with Gasteiger partial charge in [-0.1, -0.05) is 83.2 Å². The molecule has 1 atom stereocenters. The second-order valence-electron chi connectivity index (χ2n) is 14.8. The van der Waals surface area contributed by atoms with Gasteiger partial charge in [-0.25, -0.2) is 9.97 Å². The minimum Gasteiger partial charge on any atom is -0.481 e. The van der Waals surface area contributed by atoms with Crippen LogP contribution in [-0.4, -0.2) is 51.5 Å². The largest absolute Gasteiger partial charge is 0.481 e. The van der Waals surface area contributed by atoms with Crippen LogP contribution in [0.4, 0.5) is 0 Å². The van der Waals surface area contributed by atoms with Gasteiger partial charge in [0.15, 0.2) is 5.82 Å². The zero-order chi connectivity index (χ0) is 33.0. The number of aliphatic carboxylic acids is 1. The van der Waals surface area contributed by atoms with Crippen molar-refractivity contribution in [2.45, 2.75) is 84.0 Å². The predicted molar refractivity (Wildman–Crippen MR) is 189 cm³/mol. The van der Waals surface area contributed by atoms with Gasteiger partial charge in [-0.2, -0.15) is 0 Å². The lowest BCUT2D eigenvalue weighted by atomic mass is 9.73. The molecule has 0 bridgehead atoms. The van der Waals surface area contributed by atoms with Gasteiger partial charge in [0.05, 0.1) is 10.8 Å². The molecule has 2 aromatic heterocycles. The van der Waals surface area contributed by atoms with Crippen molar-refractivity contribution in [2.75, 3.05) is 19.6 Å². The number of allylic oxidation sites excluding steroid dienone is 2. The zero-order valence-corrected chi connectivity index (χ0v) is 28.8. The number of carbonyl (C=O) groups excluding carboxylic acids is 1. The first-order valence-electron chi connectivity index (χ1n) is 17.3. The third-order valence-corrected chi connectivity index (χ3v) is 11.7. The Kier molecular flexibility index (Phi) is 10.4. The molecule has 1 unspecified atom stereocenters. The Balaban J connectivity index is 1.09. The summed E-state index contributed by atoms with van der Waals surface area (Å²) in [7, 11) is 0. The van der Waals surface area contributed by atoms with Gasteiger partial charge < -0.3 is 10.4 Å². The van der Waals surface area contributed by atoms with Crippen molar-refractivity contribution in [1.82, 2.24) is 20.2 Å². The minimum atomic E-state index is -0.753. The van der Waals surface area contributed by atoms with Gasteiger partial charge in [0.1, 0.15) is 0 Å². The maximum absolute atomic E-state index is 13.0. The summed E-state index contributed by atoms with van der Waals surface area (Å²) >= 11 is 1.52. The molecule has 3 heterocycles. The second kappa shape index (κ2) is 14.7. The maximum Gasteiger partial charge on any atom is 0.309 e. The quantitative estimate of drug-likeness (QED) is 0.230. The van der Waals surface area contributed by atoms with E-state index in [0.29, 0.717) is 36.8 Å². The molecule has 0 spiro atoms. The first-order chi connectivity index (χ1) is 22.6. The molecule has 7 nitrogen and oxygen atoms in total. The highest BCUT2D eigenvalue weighted by atomic mass is 32.1. The minimum absolute atomic E-state index is 0.00739. The molecule has 3 aliphatic rings. The summed E-state index contributed by atoms with van der Waals surface area (Å²) in [6, 6.07) is 12.2. The average molecular weight is 653 g/mol. The van der Waals surface area contributed by atoms with Crippen LogP contribution in [0.25, 0.3) is 17.0 Å². The van der Waals surface area contributed by atoms with E-state index in [1.54, 1.807) is 6.20 Å². The molecule has 0 radical (unpaired) electrons. The van der Waals surface area contributed by atoms with Gasteiger partial charge in [0.25, 0.3) is 5.91 Å². The second-order valence-corrected chi connectivity index (χ2v) is 15.8. The van der Waals surface area contributed by atoms with Gasteiger partial charge >= 0.3 is 5.97 Å². The number of carboxylic acids is 1. The number of amides is 1. The number of hydrogen-bond donors (Lipinski definition) is 2. The normalized spacial score (nSPS) is 20.0. The van der Waals surface area contributed by atoms with Gasteiger partial charge in [-0.3, -0.25) is 14.5 Å². The average Bonchev–Trinajstić information content (AvgIpc) is 3.57. The highest BCUT2D eigenvalue weighted by Gasteiger charge is 2.32. The van der Waals surface area contributed by atoms with Crippen LogP contribution in [0.1, 0.15) is 97.8 Å². The molecule has 248 valence electrons. The number of thiophene rings is 1. The maximum atomic E-state index is 13.0. The number of likely N-dealkylation sites (tertiary alicyclic amines) is 1. The number of aromatic nitrogens is 2. The van der Waals surface area contributed by atoms with E-state index in [1.807, 2.05) is 24.5 Å². The highest BCUT2D eigenvalue weighted by Crippen LogP contribution is 2.39. The van der Waals surface area contributed by atoms with E-state index < -0.39 is 5.97 Å². The van der Waals surface area contributed by atoms with Crippen molar-refractivity contribution in [2.24, 2.45) is 17.8 Å². The molecule has 1 amide bonds. The summed E-state index contributed by atoms with van der Waals surface area (Å²) in [4.78, 5) is 37.8. The fourth-order valence-electron chi connectivity index (χ4n) is 7.22. The summed E-state index contributed by atoms with van der Waals surface area (Å²) in [6.07, 6.45) is 19.5. The molecule has 2 fully saturated rings. The number of hydrogen-bond acceptors (Lipinski definition) is 6. The zero-order valence-electron chi connectivity index (χ0n) is 28.0. The lowest BCUT2D eigenvalue weighted by Gasteiger charge is -2.37.